The molecule has 0 spiro atoms. The van der Waals surface area contributed by atoms with Gasteiger partial charge in [-0.25, -0.2) is 13.6 Å². The van der Waals surface area contributed by atoms with Crippen LogP contribution in [0.5, 0.6) is 0 Å². The van der Waals surface area contributed by atoms with Gasteiger partial charge >= 0.3 is 0 Å². The monoisotopic (exact) mass is 230 g/mol. The third-order valence-corrected chi connectivity index (χ3v) is 2.57. The minimum Gasteiger partial charge on any atom is -0.258 e. The van der Waals surface area contributed by atoms with Crippen molar-refractivity contribution in [2.75, 3.05) is 0 Å². The van der Waals surface area contributed by atoms with Crippen molar-refractivity contribution in [2.45, 2.75) is 12.7 Å². The second-order valence-corrected chi connectivity index (χ2v) is 4.80. The molecule has 7 heteroatoms. The van der Waals surface area contributed by atoms with E-state index in [0.29, 0.717) is 11.1 Å². The predicted octanol–water partition coefficient (Wildman–Crippen LogP) is 0.692. The van der Waals surface area contributed by atoms with Crippen LogP contribution in [0.4, 0.5) is 5.69 Å². The average Bonchev–Trinajstić information content (AvgIpc) is 2.05. The van der Waals surface area contributed by atoms with Crippen LogP contribution in [-0.4, -0.2) is 13.3 Å². The van der Waals surface area contributed by atoms with Gasteiger partial charge in [-0.2, -0.15) is 0 Å². The van der Waals surface area contributed by atoms with Gasteiger partial charge in [0, 0.05) is 11.6 Å². The standard InChI is InChI=1S/C8H10N2O4S/c1-6-2-3-7(5-15(9,13)14)4-8(6)10(11)12/h2-4H,5H2,1H3,(H2,9,13,14). The number of nitro benzene ring substituents is 1. The molecule has 1 aromatic rings. The van der Waals surface area contributed by atoms with Gasteiger partial charge in [0.15, 0.2) is 0 Å². The molecule has 0 fully saturated rings. The van der Waals surface area contributed by atoms with Gasteiger partial charge in [-0.15, -0.1) is 0 Å². The highest BCUT2D eigenvalue weighted by Gasteiger charge is 2.13. The molecule has 0 aliphatic heterocycles. The van der Waals surface area contributed by atoms with E-state index >= 15 is 0 Å². The van der Waals surface area contributed by atoms with Crippen molar-refractivity contribution in [3.63, 3.8) is 0 Å². The molecule has 0 radical (unpaired) electrons. The maximum absolute atomic E-state index is 10.8. The molecule has 0 bridgehead atoms. The van der Waals surface area contributed by atoms with E-state index in [0.717, 1.165) is 0 Å². The Hall–Kier alpha value is -1.47. The molecule has 1 rings (SSSR count). The Morgan fingerprint density at radius 2 is 2.07 bits per heavy atom. The molecule has 0 saturated heterocycles. The van der Waals surface area contributed by atoms with E-state index in [-0.39, 0.29) is 5.69 Å². The van der Waals surface area contributed by atoms with Crippen LogP contribution in [0, 0.1) is 17.0 Å². The Labute approximate surface area is 86.9 Å². The number of nitrogens with zero attached hydrogens (tertiary/aromatic N) is 1. The number of primary sulfonamides is 1. The lowest BCUT2D eigenvalue weighted by Gasteiger charge is -2.01. The molecule has 15 heavy (non-hydrogen) atoms. The number of benzene rings is 1. The molecule has 82 valence electrons. The first kappa shape index (κ1) is 11.6. The Kier molecular flexibility index (Phi) is 3.06. The highest BCUT2D eigenvalue weighted by molar-refractivity contribution is 7.88. The molecular weight excluding hydrogens is 220 g/mol. The third kappa shape index (κ3) is 3.30. The largest absolute Gasteiger partial charge is 0.272 e. The molecule has 0 aliphatic rings. The molecule has 0 aliphatic carbocycles. The molecule has 0 saturated carbocycles. The van der Waals surface area contributed by atoms with Crippen molar-refractivity contribution in [2.24, 2.45) is 5.14 Å². The fourth-order valence-corrected chi connectivity index (χ4v) is 1.82. The van der Waals surface area contributed by atoms with E-state index < -0.39 is 20.7 Å². The highest BCUT2D eigenvalue weighted by Crippen LogP contribution is 2.19. The third-order valence-electron chi connectivity index (χ3n) is 1.84. The minimum absolute atomic E-state index is 0.101. The zero-order chi connectivity index (χ0) is 11.6. The van der Waals surface area contributed by atoms with Gasteiger partial charge in [0.1, 0.15) is 0 Å². The summed E-state index contributed by atoms with van der Waals surface area (Å²) in [6.07, 6.45) is 0. The van der Waals surface area contributed by atoms with Crippen molar-refractivity contribution in [3.8, 4) is 0 Å². The maximum Gasteiger partial charge on any atom is 0.272 e. The van der Waals surface area contributed by atoms with Crippen LogP contribution in [0.15, 0.2) is 18.2 Å². The number of nitrogens with two attached hydrogens (primary N) is 1. The molecule has 0 unspecified atom stereocenters. The zero-order valence-electron chi connectivity index (χ0n) is 8.00. The summed E-state index contributed by atoms with van der Waals surface area (Å²) in [6.45, 7) is 1.58. The molecule has 0 atom stereocenters. The lowest BCUT2D eigenvalue weighted by atomic mass is 10.1. The molecule has 2 N–H and O–H groups in total. The van der Waals surface area contributed by atoms with Crippen molar-refractivity contribution in [1.82, 2.24) is 0 Å². The zero-order valence-corrected chi connectivity index (χ0v) is 8.82. The normalized spacial score (nSPS) is 11.3. The summed E-state index contributed by atoms with van der Waals surface area (Å²) in [7, 11) is -3.66. The molecule has 6 nitrogen and oxygen atoms in total. The predicted molar refractivity (Wildman–Crippen MR) is 54.6 cm³/mol. The Bertz CT molecular complexity index is 495. The van der Waals surface area contributed by atoms with Gasteiger partial charge < -0.3 is 0 Å². The summed E-state index contributed by atoms with van der Waals surface area (Å²) in [4.78, 5) is 10.0. The smallest absolute Gasteiger partial charge is 0.258 e. The SMILES string of the molecule is Cc1ccc(CS(N)(=O)=O)cc1[N+](=O)[O-]. The number of aryl methyl sites for hydroxylation is 1. The van der Waals surface area contributed by atoms with Gasteiger partial charge in [0.2, 0.25) is 10.0 Å². The molecule has 0 amide bonds. The fraction of sp³-hybridized carbons (Fsp3) is 0.250. The van der Waals surface area contributed by atoms with Crippen molar-refractivity contribution in [3.05, 3.63) is 39.4 Å². The van der Waals surface area contributed by atoms with E-state index in [2.05, 4.69) is 0 Å². The second kappa shape index (κ2) is 3.95. The van der Waals surface area contributed by atoms with Crippen LogP contribution >= 0.6 is 0 Å². The van der Waals surface area contributed by atoms with Crippen LogP contribution in [0.1, 0.15) is 11.1 Å². The maximum atomic E-state index is 10.8. The van der Waals surface area contributed by atoms with Crippen LogP contribution < -0.4 is 5.14 Å². The fourth-order valence-electron chi connectivity index (χ4n) is 1.17. The quantitative estimate of drug-likeness (QED) is 0.609. The highest BCUT2D eigenvalue weighted by atomic mass is 32.2. The van der Waals surface area contributed by atoms with E-state index in [1.54, 1.807) is 6.92 Å². The summed E-state index contributed by atoms with van der Waals surface area (Å²) in [6, 6.07) is 4.23. The van der Waals surface area contributed by atoms with E-state index in [1.165, 1.54) is 18.2 Å². The minimum atomic E-state index is -3.66. The first-order valence-corrected chi connectivity index (χ1v) is 5.75. The van der Waals surface area contributed by atoms with Gasteiger partial charge in [-0.1, -0.05) is 12.1 Å². The summed E-state index contributed by atoms with van der Waals surface area (Å²) < 4.78 is 21.5. The van der Waals surface area contributed by atoms with Crippen molar-refractivity contribution >= 4 is 15.7 Å². The van der Waals surface area contributed by atoms with Crippen molar-refractivity contribution in [1.29, 1.82) is 0 Å². The Morgan fingerprint density at radius 1 is 1.47 bits per heavy atom. The summed E-state index contributed by atoms with van der Waals surface area (Å²) in [5.41, 5.74) is 0.698. The lowest BCUT2D eigenvalue weighted by molar-refractivity contribution is -0.385. The van der Waals surface area contributed by atoms with Crippen LogP contribution in [0.2, 0.25) is 0 Å². The van der Waals surface area contributed by atoms with Crippen molar-refractivity contribution < 1.29 is 13.3 Å². The number of rotatable bonds is 3. The van der Waals surface area contributed by atoms with Crippen LogP contribution in [0.25, 0.3) is 0 Å². The lowest BCUT2D eigenvalue weighted by Crippen LogP contribution is -2.14. The molecule has 0 aromatic heterocycles. The van der Waals surface area contributed by atoms with E-state index in [1.807, 2.05) is 0 Å². The molecule has 1 aromatic carbocycles. The average molecular weight is 230 g/mol. The summed E-state index contributed by atoms with van der Waals surface area (Å²) >= 11 is 0. The first-order valence-electron chi connectivity index (χ1n) is 4.04. The molecular formula is C8H10N2O4S. The number of hydrogen-bond acceptors (Lipinski definition) is 4. The van der Waals surface area contributed by atoms with Gasteiger partial charge in [-0.05, 0) is 12.5 Å². The van der Waals surface area contributed by atoms with E-state index in [4.69, 9.17) is 5.14 Å². The number of nitro groups is 1. The van der Waals surface area contributed by atoms with Gasteiger partial charge in [-0.3, -0.25) is 10.1 Å². The van der Waals surface area contributed by atoms with Crippen LogP contribution in [-0.2, 0) is 15.8 Å². The van der Waals surface area contributed by atoms with Gasteiger partial charge in [0.25, 0.3) is 5.69 Å². The topological polar surface area (TPSA) is 103 Å². The Morgan fingerprint density at radius 3 is 2.53 bits per heavy atom. The van der Waals surface area contributed by atoms with E-state index in [9.17, 15) is 18.5 Å². The Balaban J connectivity index is 3.14. The molecule has 0 heterocycles. The van der Waals surface area contributed by atoms with Crippen LogP contribution in [0.3, 0.4) is 0 Å². The summed E-state index contributed by atoms with van der Waals surface area (Å²) in [5.74, 6) is -0.395. The van der Waals surface area contributed by atoms with Gasteiger partial charge in [0.05, 0.1) is 10.7 Å². The first-order chi connectivity index (χ1) is 6.79. The summed E-state index contributed by atoms with van der Waals surface area (Å²) in [5, 5.41) is 15.4. The second-order valence-electron chi connectivity index (χ2n) is 3.19. The number of hydrogen-bond donors (Lipinski definition) is 1. The number of sulfonamides is 1.